The van der Waals surface area contributed by atoms with Crippen molar-refractivity contribution in [2.45, 2.75) is 32.4 Å². The molecule has 1 aliphatic rings. The van der Waals surface area contributed by atoms with Gasteiger partial charge in [0, 0.05) is 19.6 Å². The standard InChI is InChI=1S/C18H25N3O6/c1-18(2,3)27-17(24)21-9-8-20(11-14(21)16(23)26-5)12-6-7-13(19-10-12)15(22)25-4/h6-7,10,14H,8-9,11H2,1-5H3. The lowest BCUT2D eigenvalue weighted by Crippen LogP contribution is -2.59. The largest absolute Gasteiger partial charge is 0.467 e. The molecule has 1 unspecified atom stereocenters. The minimum Gasteiger partial charge on any atom is -0.467 e. The highest BCUT2D eigenvalue weighted by atomic mass is 16.6. The zero-order chi connectivity index (χ0) is 20.2. The fraction of sp³-hybridized carbons (Fsp3) is 0.556. The van der Waals surface area contributed by atoms with Gasteiger partial charge in [0.15, 0.2) is 6.04 Å². The van der Waals surface area contributed by atoms with E-state index >= 15 is 0 Å². The summed E-state index contributed by atoms with van der Waals surface area (Å²) in [5.41, 5.74) is 0.251. The summed E-state index contributed by atoms with van der Waals surface area (Å²) in [6, 6.07) is 2.46. The topological polar surface area (TPSA) is 98.3 Å². The Kier molecular flexibility index (Phi) is 6.24. The Labute approximate surface area is 158 Å². The van der Waals surface area contributed by atoms with Crippen LogP contribution in [0.3, 0.4) is 0 Å². The number of carbonyl (C=O) groups is 3. The lowest BCUT2D eigenvalue weighted by Gasteiger charge is -2.41. The highest BCUT2D eigenvalue weighted by Gasteiger charge is 2.38. The minimum absolute atomic E-state index is 0.193. The molecule has 1 saturated heterocycles. The molecule has 0 N–H and O–H groups in total. The molecular weight excluding hydrogens is 354 g/mol. The molecular formula is C18H25N3O6. The van der Waals surface area contributed by atoms with Gasteiger partial charge in [-0.25, -0.2) is 19.4 Å². The number of carbonyl (C=O) groups excluding carboxylic acids is 3. The number of nitrogens with zero attached hydrogens (tertiary/aromatic N) is 3. The second-order valence-corrected chi connectivity index (χ2v) is 7.05. The van der Waals surface area contributed by atoms with Gasteiger partial charge in [-0.2, -0.15) is 0 Å². The van der Waals surface area contributed by atoms with Crippen LogP contribution in [-0.4, -0.2) is 73.4 Å². The van der Waals surface area contributed by atoms with Crippen molar-refractivity contribution in [3.63, 3.8) is 0 Å². The van der Waals surface area contributed by atoms with E-state index in [4.69, 9.17) is 9.47 Å². The number of esters is 2. The van der Waals surface area contributed by atoms with Crippen LogP contribution in [-0.2, 0) is 19.0 Å². The van der Waals surface area contributed by atoms with Crippen LogP contribution < -0.4 is 4.90 Å². The van der Waals surface area contributed by atoms with E-state index < -0.39 is 29.7 Å². The normalized spacial score (nSPS) is 17.3. The van der Waals surface area contributed by atoms with E-state index in [-0.39, 0.29) is 18.8 Å². The van der Waals surface area contributed by atoms with Crippen molar-refractivity contribution in [1.82, 2.24) is 9.88 Å². The first-order valence-electron chi connectivity index (χ1n) is 8.53. The number of methoxy groups -OCH3 is 2. The predicted molar refractivity (Wildman–Crippen MR) is 96.5 cm³/mol. The lowest BCUT2D eigenvalue weighted by atomic mass is 10.1. The van der Waals surface area contributed by atoms with Crippen LogP contribution in [0, 0.1) is 0 Å². The summed E-state index contributed by atoms with van der Waals surface area (Å²) < 4.78 is 14.9. The third kappa shape index (κ3) is 5.08. The van der Waals surface area contributed by atoms with E-state index in [1.165, 1.54) is 25.3 Å². The maximum Gasteiger partial charge on any atom is 0.411 e. The molecule has 9 nitrogen and oxygen atoms in total. The molecule has 148 valence electrons. The number of hydrogen-bond donors (Lipinski definition) is 0. The van der Waals surface area contributed by atoms with Crippen LogP contribution in [0.15, 0.2) is 18.3 Å². The van der Waals surface area contributed by atoms with Gasteiger partial charge < -0.3 is 19.1 Å². The first-order valence-corrected chi connectivity index (χ1v) is 8.53. The lowest BCUT2D eigenvalue weighted by molar-refractivity contribution is -0.147. The fourth-order valence-electron chi connectivity index (χ4n) is 2.69. The van der Waals surface area contributed by atoms with Crippen molar-refractivity contribution in [2.75, 3.05) is 38.8 Å². The second kappa shape index (κ2) is 8.24. The van der Waals surface area contributed by atoms with Crippen molar-refractivity contribution in [3.8, 4) is 0 Å². The zero-order valence-corrected chi connectivity index (χ0v) is 16.2. The number of hydrogen-bond acceptors (Lipinski definition) is 8. The predicted octanol–water partition coefficient (Wildman–Crippen LogP) is 1.47. The Morgan fingerprint density at radius 2 is 1.81 bits per heavy atom. The Balaban J connectivity index is 2.16. The summed E-state index contributed by atoms with van der Waals surface area (Å²) in [5, 5.41) is 0. The highest BCUT2D eigenvalue weighted by Crippen LogP contribution is 2.21. The van der Waals surface area contributed by atoms with Gasteiger partial charge in [0.2, 0.25) is 0 Å². The van der Waals surface area contributed by atoms with E-state index in [9.17, 15) is 14.4 Å². The molecule has 27 heavy (non-hydrogen) atoms. The van der Waals surface area contributed by atoms with Crippen molar-refractivity contribution in [1.29, 1.82) is 0 Å². The quantitative estimate of drug-likeness (QED) is 0.575. The number of amides is 1. The molecule has 1 aromatic rings. The summed E-state index contributed by atoms with van der Waals surface area (Å²) in [6.45, 7) is 6.29. The van der Waals surface area contributed by atoms with Gasteiger partial charge in [-0.05, 0) is 32.9 Å². The van der Waals surface area contributed by atoms with Crippen molar-refractivity contribution >= 4 is 23.7 Å². The second-order valence-electron chi connectivity index (χ2n) is 7.05. The summed E-state index contributed by atoms with van der Waals surface area (Å²) in [7, 11) is 2.57. The van der Waals surface area contributed by atoms with Crippen LogP contribution in [0.2, 0.25) is 0 Å². The maximum absolute atomic E-state index is 12.5. The number of piperazine rings is 1. The van der Waals surface area contributed by atoms with Crippen LogP contribution in [0.5, 0.6) is 0 Å². The molecule has 0 aromatic carbocycles. The van der Waals surface area contributed by atoms with Crippen molar-refractivity contribution in [3.05, 3.63) is 24.0 Å². The summed E-state index contributed by atoms with van der Waals surface area (Å²) in [4.78, 5) is 43.5. The van der Waals surface area contributed by atoms with Gasteiger partial charge >= 0.3 is 18.0 Å². The fourth-order valence-corrected chi connectivity index (χ4v) is 2.69. The monoisotopic (exact) mass is 379 g/mol. The van der Waals surface area contributed by atoms with E-state index in [1.807, 2.05) is 4.90 Å². The summed E-state index contributed by atoms with van der Waals surface area (Å²) in [6.07, 6.45) is 0.973. The molecule has 1 aromatic heterocycles. The molecule has 9 heteroatoms. The number of rotatable bonds is 3. The zero-order valence-electron chi connectivity index (χ0n) is 16.2. The third-order valence-electron chi connectivity index (χ3n) is 3.99. The van der Waals surface area contributed by atoms with E-state index in [1.54, 1.807) is 32.9 Å². The van der Waals surface area contributed by atoms with Crippen molar-refractivity contribution < 1.29 is 28.6 Å². The van der Waals surface area contributed by atoms with Gasteiger partial charge in [-0.3, -0.25) is 4.90 Å². The highest BCUT2D eigenvalue weighted by molar-refractivity contribution is 5.87. The smallest absolute Gasteiger partial charge is 0.411 e. The molecule has 2 rings (SSSR count). The van der Waals surface area contributed by atoms with Crippen LogP contribution >= 0.6 is 0 Å². The molecule has 0 radical (unpaired) electrons. The molecule has 1 aliphatic heterocycles. The Hall–Kier alpha value is -2.84. The number of aromatic nitrogens is 1. The first-order chi connectivity index (χ1) is 12.7. The van der Waals surface area contributed by atoms with Crippen LogP contribution in [0.25, 0.3) is 0 Å². The molecule has 1 fully saturated rings. The van der Waals surface area contributed by atoms with Crippen LogP contribution in [0.4, 0.5) is 10.5 Å². The van der Waals surface area contributed by atoms with Gasteiger partial charge in [0.1, 0.15) is 11.3 Å². The molecule has 0 aliphatic carbocycles. The maximum atomic E-state index is 12.5. The third-order valence-corrected chi connectivity index (χ3v) is 3.99. The summed E-state index contributed by atoms with van der Waals surface area (Å²) in [5.74, 6) is -1.05. The van der Waals surface area contributed by atoms with E-state index in [2.05, 4.69) is 9.72 Å². The average Bonchev–Trinajstić information content (AvgIpc) is 2.65. The minimum atomic E-state index is -0.807. The Bertz CT molecular complexity index is 698. The summed E-state index contributed by atoms with van der Waals surface area (Å²) >= 11 is 0. The average molecular weight is 379 g/mol. The Morgan fingerprint density at radius 3 is 2.33 bits per heavy atom. The van der Waals surface area contributed by atoms with E-state index in [0.717, 1.165) is 5.69 Å². The number of ether oxygens (including phenoxy) is 3. The van der Waals surface area contributed by atoms with E-state index in [0.29, 0.717) is 6.54 Å². The molecule has 1 atom stereocenters. The first kappa shape index (κ1) is 20.5. The van der Waals surface area contributed by atoms with Gasteiger partial charge in [0.05, 0.1) is 26.1 Å². The molecule has 1 amide bonds. The Morgan fingerprint density at radius 1 is 1.11 bits per heavy atom. The van der Waals surface area contributed by atoms with Gasteiger partial charge in [-0.15, -0.1) is 0 Å². The molecule has 2 heterocycles. The van der Waals surface area contributed by atoms with Gasteiger partial charge in [-0.1, -0.05) is 0 Å². The van der Waals surface area contributed by atoms with Gasteiger partial charge in [0.25, 0.3) is 0 Å². The number of pyridine rings is 1. The SMILES string of the molecule is COC(=O)c1ccc(N2CCN(C(=O)OC(C)(C)C)C(C(=O)OC)C2)cn1. The molecule has 0 saturated carbocycles. The van der Waals surface area contributed by atoms with Crippen molar-refractivity contribution in [2.24, 2.45) is 0 Å². The molecule has 0 spiro atoms. The van der Waals surface area contributed by atoms with Crippen LogP contribution in [0.1, 0.15) is 31.3 Å². The number of anilines is 1. The molecule has 0 bridgehead atoms.